The predicted molar refractivity (Wildman–Crippen MR) is 64.0 cm³/mol. The first-order valence-corrected chi connectivity index (χ1v) is 5.62. The van der Waals surface area contributed by atoms with Gasteiger partial charge in [0.2, 0.25) is 5.91 Å². The molecule has 2 rings (SSSR count). The number of halogens is 1. The van der Waals surface area contributed by atoms with E-state index in [0.717, 1.165) is 0 Å². The van der Waals surface area contributed by atoms with Crippen LogP contribution in [0.4, 0.5) is 10.1 Å². The van der Waals surface area contributed by atoms with Gasteiger partial charge in [0, 0.05) is 11.8 Å². The van der Waals surface area contributed by atoms with Crippen molar-refractivity contribution < 1.29 is 13.9 Å². The number of anilines is 1. The monoisotopic (exact) mass is 265 g/mol. The maximum Gasteiger partial charge on any atom is 0.246 e. The Kier molecular flexibility index (Phi) is 4.01. The molecule has 0 atom stereocenters. The first kappa shape index (κ1) is 12.9. The number of ether oxygens (including phenoxy) is 1. The van der Waals surface area contributed by atoms with Crippen LogP contribution >= 0.6 is 0 Å². The maximum atomic E-state index is 13.6. The number of hydrogen-bond donors (Lipinski definition) is 1. The number of aromatic nitrogens is 4. The predicted octanol–water partition coefficient (Wildman–Crippen LogP) is 0.850. The highest BCUT2D eigenvalue weighted by Crippen LogP contribution is 2.21. The minimum absolute atomic E-state index is 0.0399. The van der Waals surface area contributed by atoms with E-state index in [0.29, 0.717) is 12.3 Å². The summed E-state index contributed by atoms with van der Waals surface area (Å²) < 4.78 is 19.9. The smallest absolute Gasteiger partial charge is 0.246 e. The quantitative estimate of drug-likeness (QED) is 0.866. The molecule has 0 radical (unpaired) electrons. The van der Waals surface area contributed by atoms with Crippen LogP contribution in [-0.2, 0) is 11.3 Å². The first-order chi connectivity index (χ1) is 9.19. The highest BCUT2D eigenvalue weighted by atomic mass is 19.1. The standard InChI is InChI=1S/C11H12FN5O2/c1-2-19-10-4-3-8(5-9(10)12)14-11(18)6-17-7-13-15-16-17/h3-5,7H,2,6H2,1H3,(H,14,18). The SMILES string of the molecule is CCOc1ccc(NC(=O)Cn2cnnn2)cc1F. The summed E-state index contributed by atoms with van der Waals surface area (Å²) in [5.41, 5.74) is 0.346. The Morgan fingerprint density at radius 2 is 2.37 bits per heavy atom. The zero-order valence-corrected chi connectivity index (χ0v) is 10.2. The van der Waals surface area contributed by atoms with Gasteiger partial charge in [0.1, 0.15) is 12.9 Å². The van der Waals surface area contributed by atoms with Crippen LogP contribution in [0.15, 0.2) is 24.5 Å². The molecule has 0 unspecified atom stereocenters. The molecule has 0 aliphatic carbocycles. The van der Waals surface area contributed by atoms with Crippen molar-refractivity contribution in [3.63, 3.8) is 0 Å². The molecule has 1 amide bonds. The van der Waals surface area contributed by atoms with E-state index in [1.807, 2.05) is 0 Å². The number of carbonyl (C=O) groups is 1. The van der Waals surface area contributed by atoms with Crippen molar-refractivity contribution >= 4 is 11.6 Å². The number of benzene rings is 1. The maximum absolute atomic E-state index is 13.6. The Morgan fingerprint density at radius 1 is 1.53 bits per heavy atom. The largest absolute Gasteiger partial charge is 0.491 e. The minimum Gasteiger partial charge on any atom is -0.491 e. The molecular weight excluding hydrogens is 253 g/mol. The Hall–Kier alpha value is -2.51. The van der Waals surface area contributed by atoms with E-state index in [2.05, 4.69) is 20.8 Å². The summed E-state index contributed by atoms with van der Waals surface area (Å²) in [5.74, 6) is -0.723. The summed E-state index contributed by atoms with van der Waals surface area (Å²) in [7, 11) is 0. The lowest BCUT2D eigenvalue weighted by atomic mass is 10.3. The van der Waals surface area contributed by atoms with E-state index in [9.17, 15) is 9.18 Å². The third-order valence-electron chi connectivity index (χ3n) is 2.21. The highest BCUT2D eigenvalue weighted by molar-refractivity contribution is 5.90. The van der Waals surface area contributed by atoms with Crippen molar-refractivity contribution in [2.75, 3.05) is 11.9 Å². The van der Waals surface area contributed by atoms with E-state index < -0.39 is 5.82 Å². The topological polar surface area (TPSA) is 81.9 Å². The molecule has 1 aromatic carbocycles. The number of hydrogen-bond acceptors (Lipinski definition) is 5. The molecule has 1 N–H and O–H groups in total. The average molecular weight is 265 g/mol. The van der Waals surface area contributed by atoms with Crippen LogP contribution in [-0.4, -0.2) is 32.7 Å². The van der Waals surface area contributed by atoms with Crippen LogP contribution in [0, 0.1) is 5.82 Å². The average Bonchev–Trinajstić information content (AvgIpc) is 2.85. The molecule has 0 saturated heterocycles. The molecule has 0 aliphatic rings. The van der Waals surface area contributed by atoms with Gasteiger partial charge in [0.25, 0.3) is 0 Å². The zero-order chi connectivity index (χ0) is 13.7. The molecule has 8 heteroatoms. The zero-order valence-electron chi connectivity index (χ0n) is 10.2. The van der Waals surface area contributed by atoms with Crippen molar-refractivity contribution in [3.8, 4) is 5.75 Å². The lowest BCUT2D eigenvalue weighted by molar-refractivity contribution is -0.116. The molecule has 100 valence electrons. The van der Waals surface area contributed by atoms with E-state index in [-0.39, 0.29) is 18.2 Å². The summed E-state index contributed by atoms with van der Waals surface area (Å²) in [6.45, 7) is 2.10. The van der Waals surface area contributed by atoms with Crippen molar-refractivity contribution in [3.05, 3.63) is 30.3 Å². The molecule has 0 bridgehead atoms. The van der Waals surface area contributed by atoms with Gasteiger partial charge in [-0.2, -0.15) is 0 Å². The van der Waals surface area contributed by atoms with Gasteiger partial charge in [-0.1, -0.05) is 0 Å². The Bertz CT molecular complexity index is 558. The van der Waals surface area contributed by atoms with Crippen molar-refractivity contribution in [2.24, 2.45) is 0 Å². The first-order valence-electron chi connectivity index (χ1n) is 5.62. The van der Waals surface area contributed by atoms with Gasteiger partial charge in [-0.05, 0) is 29.5 Å². The summed E-state index contributed by atoms with van der Waals surface area (Å²) in [6.07, 6.45) is 1.32. The normalized spacial score (nSPS) is 10.2. The molecule has 0 saturated carbocycles. The fourth-order valence-electron chi connectivity index (χ4n) is 1.45. The molecule has 1 aromatic heterocycles. The summed E-state index contributed by atoms with van der Waals surface area (Å²) in [4.78, 5) is 11.6. The van der Waals surface area contributed by atoms with Gasteiger partial charge in [0.15, 0.2) is 11.6 Å². The number of nitrogens with zero attached hydrogens (tertiary/aromatic N) is 4. The second kappa shape index (κ2) is 5.89. The fourth-order valence-corrected chi connectivity index (χ4v) is 1.45. The molecule has 7 nitrogen and oxygen atoms in total. The van der Waals surface area contributed by atoms with Crippen LogP contribution in [0.5, 0.6) is 5.75 Å². The summed E-state index contributed by atoms with van der Waals surface area (Å²) >= 11 is 0. The van der Waals surface area contributed by atoms with Crippen LogP contribution in [0.1, 0.15) is 6.92 Å². The van der Waals surface area contributed by atoms with E-state index in [1.165, 1.54) is 23.1 Å². The van der Waals surface area contributed by atoms with Crippen LogP contribution < -0.4 is 10.1 Å². The molecule has 0 fully saturated rings. The van der Waals surface area contributed by atoms with E-state index in [1.54, 1.807) is 13.0 Å². The Labute approximate surface area is 108 Å². The van der Waals surface area contributed by atoms with Crippen molar-refractivity contribution in [2.45, 2.75) is 13.5 Å². The molecule has 0 aliphatic heterocycles. The number of tetrazole rings is 1. The molecule has 1 heterocycles. The molecule has 19 heavy (non-hydrogen) atoms. The third kappa shape index (κ3) is 3.47. The van der Waals surface area contributed by atoms with Crippen molar-refractivity contribution in [1.82, 2.24) is 20.2 Å². The second-order valence-corrected chi connectivity index (χ2v) is 3.63. The van der Waals surface area contributed by atoms with E-state index in [4.69, 9.17) is 4.74 Å². The van der Waals surface area contributed by atoms with Crippen LogP contribution in [0.3, 0.4) is 0 Å². The number of carbonyl (C=O) groups excluding carboxylic acids is 1. The van der Waals surface area contributed by atoms with Gasteiger partial charge in [0.05, 0.1) is 6.61 Å². The second-order valence-electron chi connectivity index (χ2n) is 3.63. The molecular formula is C11H12FN5O2. The van der Waals surface area contributed by atoms with Crippen molar-refractivity contribution in [1.29, 1.82) is 0 Å². The van der Waals surface area contributed by atoms with Crippen LogP contribution in [0.2, 0.25) is 0 Å². The summed E-state index contributed by atoms with van der Waals surface area (Å²) in [5, 5.41) is 12.9. The van der Waals surface area contributed by atoms with Gasteiger partial charge < -0.3 is 10.1 Å². The third-order valence-corrected chi connectivity index (χ3v) is 2.21. The van der Waals surface area contributed by atoms with Crippen LogP contribution in [0.25, 0.3) is 0 Å². The van der Waals surface area contributed by atoms with Gasteiger partial charge >= 0.3 is 0 Å². The molecule has 0 spiro atoms. The summed E-state index contributed by atoms with van der Waals surface area (Å²) in [6, 6.07) is 4.22. The number of rotatable bonds is 5. The van der Waals surface area contributed by atoms with Gasteiger partial charge in [-0.3, -0.25) is 4.79 Å². The minimum atomic E-state index is -0.526. The highest BCUT2D eigenvalue weighted by Gasteiger charge is 2.08. The fraction of sp³-hybridized carbons (Fsp3) is 0.273. The Balaban J connectivity index is 1.99. The number of amides is 1. The molecule has 2 aromatic rings. The lowest BCUT2D eigenvalue weighted by Crippen LogP contribution is -2.19. The van der Waals surface area contributed by atoms with Gasteiger partial charge in [-0.25, -0.2) is 9.07 Å². The number of nitrogens with one attached hydrogen (secondary N) is 1. The Morgan fingerprint density at radius 3 is 3.00 bits per heavy atom. The van der Waals surface area contributed by atoms with Gasteiger partial charge in [-0.15, -0.1) is 5.10 Å². The lowest BCUT2D eigenvalue weighted by Gasteiger charge is -2.08. The van der Waals surface area contributed by atoms with E-state index >= 15 is 0 Å².